The fourth-order valence-corrected chi connectivity index (χ4v) is 4.40. The molecule has 0 saturated heterocycles. The average molecular weight is 615 g/mol. The van der Waals surface area contributed by atoms with Crippen molar-refractivity contribution in [3.05, 3.63) is 83.8 Å². The van der Waals surface area contributed by atoms with Gasteiger partial charge in [0.25, 0.3) is 5.91 Å². The molecule has 4 rings (SSSR count). The molecule has 0 spiro atoms. The minimum absolute atomic E-state index is 0.0316. The molecule has 0 fully saturated rings. The van der Waals surface area contributed by atoms with Gasteiger partial charge in [-0.2, -0.15) is 0 Å². The first-order valence-corrected chi connectivity index (χ1v) is 14.4. The molecule has 13 nitrogen and oxygen atoms in total. The monoisotopic (exact) mass is 614 g/mol. The number of esters is 2. The van der Waals surface area contributed by atoms with Gasteiger partial charge in [0.15, 0.2) is 6.73 Å². The van der Waals surface area contributed by atoms with E-state index in [0.717, 1.165) is 17.0 Å². The van der Waals surface area contributed by atoms with E-state index in [1.54, 1.807) is 36.5 Å². The van der Waals surface area contributed by atoms with Gasteiger partial charge in [0.05, 0.1) is 31.1 Å². The predicted molar refractivity (Wildman–Crippen MR) is 172 cm³/mol. The van der Waals surface area contributed by atoms with Crippen LogP contribution < -0.4 is 21.7 Å². The lowest BCUT2D eigenvalue weighted by Crippen LogP contribution is -2.37. The number of nitrogens with one attached hydrogen (secondary N) is 1. The van der Waals surface area contributed by atoms with E-state index in [-0.39, 0.29) is 37.4 Å². The summed E-state index contributed by atoms with van der Waals surface area (Å²) in [7, 11) is 3.22. The standard InChI is InChI=1S/C32H38N8O5/c1-20(2)29(33)32(43)45-19-37-30(34)21-8-11-23(12-9-21)36-18-27-38-24-17-22(10-13-25(24)39(27)3)31(42)40(16-14-28(41)44-4)26-7-5-6-15-35-26/h5-13,15,17,20,29,36H,14,16,18-19,33H2,1-4H3,(H2,34,37). The van der Waals surface area contributed by atoms with Crippen LogP contribution in [0.4, 0.5) is 11.5 Å². The maximum atomic E-state index is 13.5. The largest absolute Gasteiger partial charge is 0.469 e. The van der Waals surface area contributed by atoms with Crippen LogP contribution >= 0.6 is 0 Å². The van der Waals surface area contributed by atoms with Crippen molar-refractivity contribution in [3.8, 4) is 0 Å². The van der Waals surface area contributed by atoms with Gasteiger partial charge < -0.3 is 30.8 Å². The third kappa shape index (κ3) is 8.21. The summed E-state index contributed by atoms with van der Waals surface area (Å²) in [4.78, 5) is 51.9. The molecule has 13 heteroatoms. The Bertz CT molecular complexity index is 1670. The van der Waals surface area contributed by atoms with Gasteiger partial charge in [-0.1, -0.05) is 19.9 Å². The number of hydrogen-bond acceptors (Lipinski definition) is 10. The van der Waals surface area contributed by atoms with Gasteiger partial charge in [0.2, 0.25) is 0 Å². The molecule has 0 aliphatic heterocycles. The molecule has 0 radical (unpaired) electrons. The Balaban J connectivity index is 1.42. The van der Waals surface area contributed by atoms with Crippen LogP contribution in [0.3, 0.4) is 0 Å². The maximum absolute atomic E-state index is 13.5. The Labute approximate surface area is 261 Å². The number of ether oxygens (including phenoxy) is 2. The second-order valence-electron chi connectivity index (χ2n) is 10.6. The molecule has 0 aliphatic carbocycles. The van der Waals surface area contributed by atoms with E-state index in [2.05, 4.69) is 15.3 Å². The topological polar surface area (TPSA) is 180 Å². The number of benzene rings is 2. The summed E-state index contributed by atoms with van der Waals surface area (Å²) in [5, 5.41) is 3.35. The van der Waals surface area contributed by atoms with Crippen LogP contribution in [0.15, 0.2) is 71.9 Å². The molecule has 0 bridgehead atoms. The number of aromatic nitrogens is 3. The van der Waals surface area contributed by atoms with E-state index in [9.17, 15) is 14.4 Å². The lowest BCUT2D eigenvalue weighted by Gasteiger charge is -2.21. The number of aryl methyl sites for hydroxylation is 1. The predicted octanol–water partition coefficient (Wildman–Crippen LogP) is 2.98. The van der Waals surface area contributed by atoms with Crippen molar-refractivity contribution in [2.24, 2.45) is 29.4 Å². The average Bonchev–Trinajstić information content (AvgIpc) is 3.37. The first-order chi connectivity index (χ1) is 21.6. The molecule has 1 amide bonds. The Morgan fingerprint density at radius 1 is 1.07 bits per heavy atom. The van der Waals surface area contributed by atoms with Crippen LogP contribution in [0, 0.1) is 5.92 Å². The zero-order chi connectivity index (χ0) is 32.5. The first kappa shape index (κ1) is 32.6. The second-order valence-corrected chi connectivity index (χ2v) is 10.6. The molecule has 2 heterocycles. The highest BCUT2D eigenvalue weighted by atomic mass is 16.5. The Morgan fingerprint density at radius 2 is 1.80 bits per heavy atom. The van der Waals surface area contributed by atoms with E-state index in [0.29, 0.717) is 29.0 Å². The third-order valence-electron chi connectivity index (χ3n) is 7.22. The van der Waals surface area contributed by atoms with Crippen LogP contribution in [-0.2, 0) is 32.7 Å². The number of pyridine rings is 1. The van der Waals surface area contributed by atoms with Crippen molar-refractivity contribution in [2.75, 3.05) is 30.6 Å². The van der Waals surface area contributed by atoms with Gasteiger partial charge in [-0.3, -0.25) is 19.3 Å². The molecular formula is C32H38N8O5. The number of imidazole rings is 1. The number of aliphatic imine (C=N–C) groups is 1. The number of nitrogens with zero attached hydrogens (tertiary/aromatic N) is 5. The van der Waals surface area contributed by atoms with Crippen LogP contribution in [0.1, 0.15) is 42.0 Å². The quantitative estimate of drug-likeness (QED) is 0.115. The number of carbonyl (C=O) groups excluding carboxylic acids is 3. The van der Waals surface area contributed by atoms with Crippen LogP contribution in [0.2, 0.25) is 0 Å². The van der Waals surface area contributed by atoms with Gasteiger partial charge in [-0.25, -0.2) is 15.0 Å². The van der Waals surface area contributed by atoms with Crippen molar-refractivity contribution in [2.45, 2.75) is 32.9 Å². The van der Waals surface area contributed by atoms with Gasteiger partial charge in [-0.15, -0.1) is 0 Å². The highest BCUT2D eigenvalue weighted by molar-refractivity contribution is 6.07. The van der Waals surface area contributed by atoms with E-state index < -0.39 is 18.0 Å². The highest BCUT2D eigenvalue weighted by Gasteiger charge is 2.22. The van der Waals surface area contributed by atoms with Gasteiger partial charge in [0.1, 0.15) is 23.5 Å². The summed E-state index contributed by atoms with van der Waals surface area (Å²) >= 11 is 0. The van der Waals surface area contributed by atoms with Crippen molar-refractivity contribution in [1.29, 1.82) is 0 Å². The van der Waals surface area contributed by atoms with E-state index >= 15 is 0 Å². The number of carbonyl (C=O) groups is 3. The zero-order valence-electron chi connectivity index (χ0n) is 25.8. The molecule has 5 N–H and O–H groups in total. The van der Waals surface area contributed by atoms with Crippen LogP contribution in [-0.4, -0.2) is 64.6 Å². The fraction of sp³-hybridized carbons (Fsp3) is 0.312. The summed E-state index contributed by atoms with van der Waals surface area (Å²) < 4.78 is 11.8. The summed E-state index contributed by atoms with van der Waals surface area (Å²) in [6.07, 6.45) is 1.62. The van der Waals surface area contributed by atoms with Crippen molar-refractivity contribution >= 4 is 46.2 Å². The Hall–Kier alpha value is -5.30. The number of fused-ring (bicyclic) bond motifs is 1. The molecule has 2 aromatic heterocycles. The molecule has 1 unspecified atom stereocenters. The minimum Gasteiger partial charge on any atom is -0.469 e. The maximum Gasteiger partial charge on any atom is 0.324 e. The fourth-order valence-electron chi connectivity index (χ4n) is 4.40. The number of amides is 1. The first-order valence-electron chi connectivity index (χ1n) is 14.4. The normalized spacial score (nSPS) is 12.2. The minimum atomic E-state index is -0.709. The van der Waals surface area contributed by atoms with Crippen molar-refractivity contribution < 1.29 is 23.9 Å². The lowest BCUT2D eigenvalue weighted by atomic mass is 10.1. The summed E-state index contributed by atoms with van der Waals surface area (Å²) in [6.45, 7) is 4.01. The summed E-state index contributed by atoms with van der Waals surface area (Å²) in [6, 6.07) is 17.2. The van der Waals surface area contributed by atoms with E-state index in [1.807, 2.05) is 55.8 Å². The summed E-state index contributed by atoms with van der Waals surface area (Å²) in [5.74, 6) is 0.152. The number of nitrogens with two attached hydrogens (primary N) is 2. The molecular weight excluding hydrogens is 576 g/mol. The van der Waals surface area contributed by atoms with Crippen molar-refractivity contribution in [3.63, 3.8) is 0 Å². The van der Waals surface area contributed by atoms with Crippen LogP contribution in [0.25, 0.3) is 11.0 Å². The number of rotatable bonds is 13. The van der Waals surface area contributed by atoms with E-state index in [1.165, 1.54) is 12.0 Å². The van der Waals surface area contributed by atoms with Gasteiger partial charge in [-0.05, 0) is 60.5 Å². The molecule has 0 aliphatic rings. The number of methoxy groups -OCH3 is 1. The van der Waals surface area contributed by atoms with Gasteiger partial charge >= 0.3 is 11.9 Å². The Morgan fingerprint density at radius 3 is 2.47 bits per heavy atom. The molecule has 0 saturated carbocycles. The molecule has 45 heavy (non-hydrogen) atoms. The number of amidine groups is 1. The third-order valence-corrected chi connectivity index (χ3v) is 7.22. The zero-order valence-corrected chi connectivity index (χ0v) is 25.8. The number of hydrogen-bond donors (Lipinski definition) is 3. The smallest absolute Gasteiger partial charge is 0.324 e. The molecule has 1 atom stereocenters. The SMILES string of the molecule is COC(=O)CCN(C(=O)c1ccc2c(c1)nc(CNc1ccc(/C(N)=N/COC(=O)C(N)C(C)C)cc1)n2C)c1ccccn1. The molecule has 2 aromatic carbocycles. The lowest BCUT2D eigenvalue weighted by molar-refractivity contribution is -0.146. The second kappa shape index (κ2) is 14.9. The van der Waals surface area contributed by atoms with Gasteiger partial charge in [0, 0.05) is 36.6 Å². The highest BCUT2D eigenvalue weighted by Crippen LogP contribution is 2.21. The summed E-state index contributed by atoms with van der Waals surface area (Å²) in [5.41, 5.74) is 15.3. The van der Waals surface area contributed by atoms with E-state index in [4.69, 9.17) is 25.9 Å². The molecule has 4 aromatic rings. The number of anilines is 2. The Kier molecular flexibility index (Phi) is 10.8. The van der Waals surface area contributed by atoms with Crippen molar-refractivity contribution in [1.82, 2.24) is 14.5 Å². The molecule has 236 valence electrons. The van der Waals surface area contributed by atoms with Crippen LogP contribution in [0.5, 0.6) is 0 Å².